The Hall–Kier alpha value is -3.32. The van der Waals surface area contributed by atoms with Crippen molar-refractivity contribution in [3.8, 4) is 11.5 Å². The Labute approximate surface area is 159 Å². The first-order valence-corrected chi connectivity index (χ1v) is 8.24. The maximum absolute atomic E-state index is 12.9. The molecule has 8 heteroatoms. The number of aromatic hydroxyl groups is 1. The lowest BCUT2D eigenvalue weighted by Gasteiger charge is -2.27. The van der Waals surface area contributed by atoms with E-state index >= 15 is 0 Å². The van der Waals surface area contributed by atoms with Crippen LogP contribution in [0.1, 0.15) is 11.1 Å². The van der Waals surface area contributed by atoms with E-state index in [2.05, 4.69) is 5.32 Å². The Morgan fingerprint density at radius 2 is 1.89 bits per heavy atom. The molecule has 0 spiro atoms. The van der Waals surface area contributed by atoms with Gasteiger partial charge in [0.25, 0.3) is 11.8 Å². The molecule has 0 bridgehead atoms. The van der Waals surface area contributed by atoms with E-state index in [-0.39, 0.29) is 22.6 Å². The number of hydrogen-bond acceptors (Lipinski definition) is 5. The summed E-state index contributed by atoms with van der Waals surface area (Å²) < 4.78 is 5.00. The highest BCUT2D eigenvalue weighted by Crippen LogP contribution is 2.30. The van der Waals surface area contributed by atoms with E-state index in [0.717, 1.165) is 4.90 Å². The number of benzene rings is 2. The van der Waals surface area contributed by atoms with Gasteiger partial charge in [-0.3, -0.25) is 14.9 Å². The zero-order chi connectivity index (χ0) is 19.7. The molecule has 3 rings (SSSR count). The molecule has 1 saturated heterocycles. The number of ether oxygens (including phenoxy) is 1. The van der Waals surface area contributed by atoms with Crippen molar-refractivity contribution in [2.45, 2.75) is 6.92 Å². The number of nitrogens with one attached hydrogen (secondary N) is 1. The van der Waals surface area contributed by atoms with Crippen LogP contribution >= 0.6 is 11.6 Å². The second-order valence-corrected chi connectivity index (χ2v) is 6.25. The smallest absolute Gasteiger partial charge is 0.335 e. The molecule has 1 fully saturated rings. The van der Waals surface area contributed by atoms with Gasteiger partial charge in [0.15, 0.2) is 0 Å². The van der Waals surface area contributed by atoms with Crippen LogP contribution in [-0.2, 0) is 9.59 Å². The van der Waals surface area contributed by atoms with E-state index in [1.165, 1.54) is 31.4 Å². The summed E-state index contributed by atoms with van der Waals surface area (Å²) in [5.41, 5.74) is 0.826. The molecule has 0 aliphatic carbocycles. The van der Waals surface area contributed by atoms with Crippen molar-refractivity contribution in [2.24, 2.45) is 0 Å². The Balaban J connectivity index is 2.06. The predicted molar refractivity (Wildman–Crippen MR) is 99.8 cm³/mol. The number of phenolic OH excluding ortho intramolecular Hbond substituents is 1. The summed E-state index contributed by atoms with van der Waals surface area (Å²) in [6.45, 7) is 1.71. The fourth-order valence-corrected chi connectivity index (χ4v) is 2.79. The molecule has 0 saturated carbocycles. The van der Waals surface area contributed by atoms with Crippen LogP contribution in [0.15, 0.2) is 42.0 Å². The van der Waals surface area contributed by atoms with Crippen LogP contribution in [0.4, 0.5) is 10.5 Å². The van der Waals surface area contributed by atoms with Crippen molar-refractivity contribution >= 4 is 41.2 Å². The first kappa shape index (κ1) is 18.5. The van der Waals surface area contributed by atoms with Crippen LogP contribution in [0.25, 0.3) is 6.08 Å². The molecule has 1 heterocycles. The summed E-state index contributed by atoms with van der Waals surface area (Å²) in [7, 11) is 1.45. The van der Waals surface area contributed by atoms with Gasteiger partial charge in [-0.15, -0.1) is 0 Å². The zero-order valence-corrected chi connectivity index (χ0v) is 15.2. The summed E-state index contributed by atoms with van der Waals surface area (Å²) in [5.74, 6) is -1.43. The number of imide groups is 2. The molecule has 27 heavy (non-hydrogen) atoms. The number of barbiturate groups is 1. The summed E-state index contributed by atoms with van der Waals surface area (Å²) in [6.07, 6.45) is 1.21. The number of methoxy groups -OCH3 is 1. The number of carbonyl (C=O) groups excluding carboxylic acids is 3. The first-order valence-electron chi connectivity index (χ1n) is 7.86. The van der Waals surface area contributed by atoms with E-state index < -0.39 is 17.8 Å². The van der Waals surface area contributed by atoms with Crippen molar-refractivity contribution in [2.75, 3.05) is 12.0 Å². The Morgan fingerprint density at radius 3 is 2.56 bits per heavy atom. The van der Waals surface area contributed by atoms with E-state index in [0.29, 0.717) is 16.3 Å². The molecule has 1 aliphatic heterocycles. The fraction of sp³-hybridized carbons (Fsp3) is 0.105. The minimum Gasteiger partial charge on any atom is -0.507 e. The summed E-state index contributed by atoms with van der Waals surface area (Å²) in [6, 6.07) is 8.30. The van der Waals surface area contributed by atoms with Crippen LogP contribution in [0.3, 0.4) is 0 Å². The molecule has 2 aromatic rings. The van der Waals surface area contributed by atoms with Gasteiger partial charge in [-0.05, 0) is 42.8 Å². The summed E-state index contributed by atoms with van der Waals surface area (Å²) in [4.78, 5) is 38.2. The molecule has 7 nitrogen and oxygen atoms in total. The Morgan fingerprint density at radius 1 is 1.15 bits per heavy atom. The van der Waals surface area contributed by atoms with Gasteiger partial charge in [-0.25, -0.2) is 9.69 Å². The monoisotopic (exact) mass is 386 g/mol. The average Bonchev–Trinajstić information content (AvgIpc) is 2.62. The largest absolute Gasteiger partial charge is 0.507 e. The predicted octanol–water partition coefficient (Wildman–Crippen LogP) is 3.03. The fourth-order valence-electron chi connectivity index (χ4n) is 2.63. The van der Waals surface area contributed by atoms with Gasteiger partial charge in [-0.1, -0.05) is 17.7 Å². The highest BCUT2D eigenvalue weighted by atomic mass is 35.5. The lowest BCUT2D eigenvalue weighted by Crippen LogP contribution is -2.54. The van der Waals surface area contributed by atoms with Gasteiger partial charge in [-0.2, -0.15) is 0 Å². The van der Waals surface area contributed by atoms with E-state index in [4.69, 9.17) is 16.3 Å². The van der Waals surface area contributed by atoms with Gasteiger partial charge < -0.3 is 9.84 Å². The molecule has 1 aliphatic rings. The second kappa shape index (κ2) is 7.13. The minimum absolute atomic E-state index is 0.176. The van der Waals surface area contributed by atoms with Crippen LogP contribution in [0, 0.1) is 6.92 Å². The molecule has 0 atom stereocenters. The standard InChI is InChI=1S/C19H15ClN2O5/c1-10-3-5-12(20)8-15(10)22-18(25)14(17(24)21-19(22)26)7-11-4-6-13(27-2)9-16(11)23/h3-9,23H,1-2H3,(H,21,24,26)/b14-7+. The first-order chi connectivity index (χ1) is 12.8. The molecular formula is C19H15ClN2O5. The minimum atomic E-state index is -0.869. The van der Waals surface area contributed by atoms with Crippen LogP contribution < -0.4 is 15.0 Å². The molecule has 2 N–H and O–H groups in total. The Kier molecular flexibility index (Phi) is 4.87. The lowest BCUT2D eigenvalue weighted by atomic mass is 10.0. The van der Waals surface area contributed by atoms with Gasteiger partial charge in [0.05, 0.1) is 12.8 Å². The van der Waals surface area contributed by atoms with Crippen molar-refractivity contribution in [1.82, 2.24) is 5.32 Å². The number of carbonyl (C=O) groups is 3. The van der Waals surface area contributed by atoms with Crippen molar-refractivity contribution in [3.63, 3.8) is 0 Å². The van der Waals surface area contributed by atoms with Crippen molar-refractivity contribution < 1.29 is 24.2 Å². The number of halogens is 1. The number of aryl methyl sites for hydroxylation is 1. The maximum Gasteiger partial charge on any atom is 0.335 e. The Bertz CT molecular complexity index is 1000. The molecule has 0 unspecified atom stereocenters. The van der Waals surface area contributed by atoms with Crippen molar-refractivity contribution in [1.29, 1.82) is 0 Å². The lowest BCUT2D eigenvalue weighted by molar-refractivity contribution is -0.122. The molecule has 4 amide bonds. The molecule has 138 valence electrons. The van der Waals surface area contributed by atoms with E-state index in [9.17, 15) is 19.5 Å². The van der Waals surface area contributed by atoms with E-state index in [1.807, 2.05) is 0 Å². The third-order valence-corrected chi connectivity index (χ3v) is 4.29. The number of urea groups is 1. The van der Waals surface area contributed by atoms with Crippen LogP contribution in [0.2, 0.25) is 5.02 Å². The zero-order valence-electron chi connectivity index (χ0n) is 14.4. The van der Waals surface area contributed by atoms with Gasteiger partial charge in [0.2, 0.25) is 0 Å². The maximum atomic E-state index is 12.9. The highest BCUT2D eigenvalue weighted by molar-refractivity contribution is 6.39. The quantitative estimate of drug-likeness (QED) is 0.624. The number of hydrogen-bond donors (Lipinski definition) is 2. The van der Waals surface area contributed by atoms with Crippen LogP contribution in [0.5, 0.6) is 11.5 Å². The molecule has 2 aromatic carbocycles. The molecule has 0 radical (unpaired) electrons. The summed E-state index contributed by atoms with van der Waals surface area (Å²) in [5, 5.41) is 12.5. The SMILES string of the molecule is COc1ccc(/C=C2\C(=O)NC(=O)N(c3cc(Cl)ccc3C)C2=O)c(O)c1. The van der Waals surface area contributed by atoms with Crippen LogP contribution in [-0.4, -0.2) is 30.1 Å². The number of amides is 4. The molecular weight excluding hydrogens is 372 g/mol. The third-order valence-electron chi connectivity index (χ3n) is 4.05. The number of anilines is 1. The number of rotatable bonds is 3. The van der Waals surface area contributed by atoms with E-state index in [1.54, 1.807) is 25.1 Å². The normalized spacial score (nSPS) is 15.9. The summed E-state index contributed by atoms with van der Waals surface area (Å²) >= 11 is 5.98. The number of nitrogens with zero attached hydrogens (tertiary/aromatic N) is 1. The van der Waals surface area contributed by atoms with Gasteiger partial charge >= 0.3 is 6.03 Å². The average molecular weight is 387 g/mol. The third kappa shape index (κ3) is 3.50. The highest BCUT2D eigenvalue weighted by Gasteiger charge is 2.37. The second-order valence-electron chi connectivity index (χ2n) is 5.81. The van der Waals surface area contributed by atoms with Gasteiger partial charge in [0, 0.05) is 16.7 Å². The molecule has 0 aromatic heterocycles. The topological polar surface area (TPSA) is 95.9 Å². The van der Waals surface area contributed by atoms with Crippen molar-refractivity contribution in [3.05, 3.63) is 58.1 Å². The number of phenols is 1. The van der Waals surface area contributed by atoms with Gasteiger partial charge in [0.1, 0.15) is 17.1 Å².